The SMILES string of the molecule is CCOc1cc(CC(=O)N2CCC(c3nc(C)ccc3C(=O)N3CCSC3)CC2)ccc1O. The van der Waals surface area contributed by atoms with Gasteiger partial charge in [-0.25, -0.2) is 0 Å². The van der Waals surface area contributed by atoms with Gasteiger partial charge in [0.2, 0.25) is 5.91 Å². The van der Waals surface area contributed by atoms with Crippen molar-refractivity contribution in [1.82, 2.24) is 14.8 Å². The number of aromatic nitrogens is 1. The molecule has 2 fully saturated rings. The molecule has 7 nitrogen and oxygen atoms in total. The Morgan fingerprint density at radius 3 is 2.64 bits per heavy atom. The largest absolute Gasteiger partial charge is 0.504 e. The van der Waals surface area contributed by atoms with E-state index in [1.165, 1.54) is 0 Å². The third kappa shape index (κ3) is 5.43. The van der Waals surface area contributed by atoms with Crippen LogP contribution in [0.25, 0.3) is 0 Å². The molecular formula is C25H31N3O4S. The summed E-state index contributed by atoms with van der Waals surface area (Å²) in [4.78, 5) is 34.5. The number of hydrogen-bond donors (Lipinski definition) is 1. The van der Waals surface area contributed by atoms with E-state index in [9.17, 15) is 14.7 Å². The van der Waals surface area contributed by atoms with Crippen molar-refractivity contribution >= 4 is 23.6 Å². The normalized spacial score (nSPS) is 16.8. The number of ether oxygens (including phenoxy) is 1. The average Bonchev–Trinajstić information content (AvgIpc) is 3.36. The van der Waals surface area contributed by atoms with Gasteiger partial charge in [-0.05, 0) is 56.5 Å². The van der Waals surface area contributed by atoms with E-state index in [1.54, 1.807) is 30.0 Å². The summed E-state index contributed by atoms with van der Waals surface area (Å²) in [6, 6.07) is 8.89. The van der Waals surface area contributed by atoms with Crippen LogP contribution in [-0.4, -0.2) is 69.6 Å². The molecular weight excluding hydrogens is 438 g/mol. The summed E-state index contributed by atoms with van der Waals surface area (Å²) in [6.07, 6.45) is 1.85. The average molecular weight is 470 g/mol. The lowest BCUT2D eigenvalue weighted by atomic mass is 9.89. The van der Waals surface area contributed by atoms with Crippen LogP contribution in [0.15, 0.2) is 30.3 Å². The van der Waals surface area contributed by atoms with Crippen molar-refractivity contribution < 1.29 is 19.4 Å². The molecule has 0 aliphatic carbocycles. The first-order valence-corrected chi connectivity index (χ1v) is 12.7. The van der Waals surface area contributed by atoms with Crippen LogP contribution < -0.4 is 4.74 Å². The number of carbonyl (C=O) groups excluding carboxylic acids is 2. The Hall–Kier alpha value is -2.74. The first kappa shape index (κ1) is 23.4. The number of rotatable bonds is 6. The first-order valence-electron chi connectivity index (χ1n) is 11.5. The lowest BCUT2D eigenvalue weighted by Gasteiger charge is -2.33. The van der Waals surface area contributed by atoms with E-state index in [4.69, 9.17) is 9.72 Å². The quantitative estimate of drug-likeness (QED) is 0.696. The molecule has 8 heteroatoms. The Labute approximate surface area is 199 Å². The third-order valence-corrected chi connectivity index (χ3v) is 7.21. The van der Waals surface area contributed by atoms with Gasteiger partial charge in [-0.1, -0.05) is 6.07 Å². The Balaban J connectivity index is 1.41. The van der Waals surface area contributed by atoms with E-state index < -0.39 is 0 Å². The van der Waals surface area contributed by atoms with E-state index in [2.05, 4.69) is 0 Å². The Morgan fingerprint density at radius 1 is 1.15 bits per heavy atom. The highest BCUT2D eigenvalue weighted by Gasteiger charge is 2.30. The molecule has 4 rings (SSSR count). The molecule has 2 amide bonds. The van der Waals surface area contributed by atoms with Crippen molar-refractivity contribution in [2.24, 2.45) is 0 Å². The summed E-state index contributed by atoms with van der Waals surface area (Å²) >= 11 is 1.78. The number of phenolic OH excluding ortho intramolecular Hbond substituents is 1. The van der Waals surface area contributed by atoms with E-state index in [1.807, 2.05) is 35.8 Å². The predicted molar refractivity (Wildman–Crippen MR) is 129 cm³/mol. The Morgan fingerprint density at radius 2 is 1.94 bits per heavy atom. The fourth-order valence-corrected chi connectivity index (χ4v) is 5.39. The minimum Gasteiger partial charge on any atom is -0.504 e. The van der Waals surface area contributed by atoms with Crippen LogP contribution in [-0.2, 0) is 11.2 Å². The zero-order valence-electron chi connectivity index (χ0n) is 19.2. The van der Waals surface area contributed by atoms with Gasteiger partial charge in [0.25, 0.3) is 5.91 Å². The molecule has 33 heavy (non-hydrogen) atoms. The van der Waals surface area contributed by atoms with Gasteiger partial charge in [0.15, 0.2) is 11.5 Å². The lowest BCUT2D eigenvalue weighted by Crippen LogP contribution is -2.39. The maximum absolute atomic E-state index is 13.1. The molecule has 176 valence electrons. The topological polar surface area (TPSA) is 83.0 Å². The molecule has 2 aliphatic heterocycles. The number of hydrogen-bond acceptors (Lipinski definition) is 6. The number of aromatic hydroxyl groups is 1. The van der Waals surface area contributed by atoms with E-state index >= 15 is 0 Å². The van der Waals surface area contributed by atoms with Gasteiger partial charge in [-0.15, -0.1) is 11.8 Å². The molecule has 2 aromatic rings. The molecule has 0 saturated carbocycles. The van der Waals surface area contributed by atoms with E-state index in [0.29, 0.717) is 31.0 Å². The number of phenols is 1. The monoisotopic (exact) mass is 469 g/mol. The van der Waals surface area contributed by atoms with Crippen LogP contribution >= 0.6 is 11.8 Å². The van der Waals surface area contributed by atoms with Crippen molar-refractivity contribution in [2.75, 3.05) is 37.9 Å². The summed E-state index contributed by atoms with van der Waals surface area (Å²) in [5.41, 5.74) is 3.32. The molecule has 3 heterocycles. The van der Waals surface area contributed by atoms with Gasteiger partial charge >= 0.3 is 0 Å². The molecule has 2 saturated heterocycles. The Kier molecular flexibility index (Phi) is 7.42. The maximum Gasteiger partial charge on any atom is 0.256 e. The standard InChI is InChI=1S/C25H31N3O4S/c1-3-32-22-14-18(5-7-21(22)29)15-23(30)27-10-8-19(9-11-27)24-20(6-4-17(2)26-24)25(31)28-12-13-33-16-28/h4-7,14,19,29H,3,8-13,15-16H2,1-2H3. The zero-order chi connectivity index (χ0) is 23.4. The van der Waals surface area contributed by atoms with Gasteiger partial charge in [0.05, 0.1) is 30.2 Å². The van der Waals surface area contributed by atoms with Gasteiger partial charge in [0, 0.05) is 37.0 Å². The van der Waals surface area contributed by atoms with Crippen molar-refractivity contribution in [3.05, 3.63) is 52.8 Å². The van der Waals surface area contributed by atoms with Crippen LogP contribution in [0.1, 0.15) is 53.0 Å². The summed E-state index contributed by atoms with van der Waals surface area (Å²) < 4.78 is 5.43. The number of likely N-dealkylation sites (tertiary alicyclic amines) is 1. The van der Waals surface area contributed by atoms with Gasteiger partial charge < -0.3 is 19.6 Å². The van der Waals surface area contributed by atoms with Crippen LogP contribution in [0.5, 0.6) is 11.5 Å². The first-order chi connectivity index (χ1) is 16.0. The fraction of sp³-hybridized carbons (Fsp3) is 0.480. The van der Waals surface area contributed by atoms with Gasteiger partial charge in [0.1, 0.15) is 0 Å². The molecule has 2 aliphatic rings. The van der Waals surface area contributed by atoms with Crippen molar-refractivity contribution in [3.8, 4) is 11.5 Å². The molecule has 0 bridgehead atoms. The van der Waals surface area contributed by atoms with Gasteiger partial charge in [-0.3, -0.25) is 14.6 Å². The number of carbonyl (C=O) groups is 2. The van der Waals surface area contributed by atoms with Gasteiger partial charge in [-0.2, -0.15) is 0 Å². The summed E-state index contributed by atoms with van der Waals surface area (Å²) in [6.45, 7) is 6.33. The smallest absolute Gasteiger partial charge is 0.256 e. The highest BCUT2D eigenvalue weighted by Crippen LogP contribution is 2.32. The molecule has 0 spiro atoms. The number of nitrogens with zero attached hydrogens (tertiary/aromatic N) is 3. The second-order valence-corrected chi connectivity index (χ2v) is 9.63. The highest BCUT2D eigenvalue weighted by atomic mass is 32.2. The molecule has 1 aromatic carbocycles. The van der Waals surface area contributed by atoms with Crippen LogP contribution in [0.4, 0.5) is 0 Å². The van der Waals surface area contributed by atoms with Crippen LogP contribution in [0, 0.1) is 6.92 Å². The third-order valence-electron chi connectivity index (χ3n) is 6.25. The van der Waals surface area contributed by atoms with Crippen LogP contribution in [0.2, 0.25) is 0 Å². The number of amides is 2. The van der Waals surface area contributed by atoms with Crippen molar-refractivity contribution in [3.63, 3.8) is 0 Å². The number of aryl methyl sites for hydroxylation is 1. The van der Waals surface area contributed by atoms with E-state index in [-0.39, 0.29) is 29.9 Å². The number of benzene rings is 1. The van der Waals surface area contributed by atoms with E-state index in [0.717, 1.165) is 48.0 Å². The van der Waals surface area contributed by atoms with Crippen LogP contribution in [0.3, 0.4) is 0 Å². The summed E-state index contributed by atoms with van der Waals surface area (Å²) in [7, 11) is 0. The second-order valence-electron chi connectivity index (χ2n) is 8.56. The fourth-order valence-electron chi connectivity index (χ4n) is 4.44. The minimum absolute atomic E-state index is 0.0594. The number of pyridine rings is 1. The molecule has 0 unspecified atom stereocenters. The highest BCUT2D eigenvalue weighted by molar-refractivity contribution is 7.99. The molecule has 0 atom stereocenters. The summed E-state index contributed by atoms with van der Waals surface area (Å²) in [5, 5.41) is 9.88. The zero-order valence-corrected chi connectivity index (χ0v) is 20.1. The number of piperidine rings is 1. The molecule has 1 aromatic heterocycles. The second kappa shape index (κ2) is 10.5. The molecule has 1 N–H and O–H groups in total. The predicted octanol–water partition coefficient (Wildman–Crippen LogP) is 3.59. The minimum atomic E-state index is 0.0594. The number of thioether (sulfide) groups is 1. The van der Waals surface area contributed by atoms with Crippen molar-refractivity contribution in [2.45, 2.75) is 39.0 Å². The lowest BCUT2D eigenvalue weighted by molar-refractivity contribution is -0.131. The Bertz CT molecular complexity index is 1010. The summed E-state index contributed by atoms with van der Waals surface area (Å²) in [5.74, 6) is 2.50. The molecule has 0 radical (unpaired) electrons. The van der Waals surface area contributed by atoms with Crippen molar-refractivity contribution in [1.29, 1.82) is 0 Å². The maximum atomic E-state index is 13.1.